The molecule has 0 bridgehead atoms. The number of hydrogen-bond acceptors (Lipinski definition) is 9. The molecule has 3 aliphatic rings. The molecule has 0 aromatic heterocycles. The molecule has 0 amide bonds. The van der Waals surface area contributed by atoms with E-state index in [-0.39, 0.29) is 40.8 Å². The van der Waals surface area contributed by atoms with E-state index in [0.717, 1.165) is 20.8 Å². The maximum absolute atomic E-state index is 13.6. The number of phenolic OH excluding ortho intramolecular Hbond substituents is 1. The maximum atomic E-state index is 13.6. The van der Waals surface area contributed by atoms with Crippen molar-refractivity contribution in [3.63, 3.8) is 0 Å². The van der Waals surface area contributed by atoms with Crippen molar-refractivity contribution < 1.29 is 43.3 Å². The highest BCUT2D eigenvalue weighted by Gasteiger charge is 2.50. The van der Waals surface area contributed by atoms with Gasteiger partial charge in [-0.15, -0.1) is 6.42 Å². The Hall–Kier alpha value is -4.19. The number of aromatic hydroxyl groups is 1. The third kappa shape index (κ3) is 3.91. The molecule has 4 rings (SSSR count). The summed E-state index contributed by atoms with van der Waals surface area (Å²) in [6, 6.07) is 0. The van der Waals surface area contributed by atoms with Crippen LogP contribution in [0.2, 0.25) is 0 Å². The number of allylic oxidation sites excluding steroid dienone is 4. The molecule has 9 nitrogen and oxygen atoms in total. The average Bonchev–Trinajstić information content (AvgIpc) is 2.77. The zero-order chi connectivity index (χ0) is 25.7. The molecule has 0 aliphatic heterocycles. The summed E-state index contributed by atoms with van der Waals surface area (Å²) in [5, 5.41) is 11.3. The van der Waals surface area contributed by atoms with E-state index in [9.17, 15) is 29.1 Å². The van der Waals surface area contributed by atoms with Crippen LogP contribution in [0, 0.1) is 24.2 Å². The Morgan fingerprint density at radius 2 is 1.60 bits per heavy atom. The van der Waals surface area contributed by atoms with E-state index in [1.165, 1.54) is 0 Å². The number of ether oxygens (including phenoxy) is 3. The van der Waals surface area contributed by atoms with Crippen LogP contribution >= 0.6 is 0 Å². The van der Waals surface area contributed by atoms with Crippen LogP contribution in [0.1, 0.15) is 65.1 Å². The standard InChI is InChI=1S/C26H22O9/c1-5-26(35-14(4)29)10-17-19(18(11-26)33-12(2)27)24(32)20-21(25(17)34-13(3)28)23(31)16-9-7-6-8-15(16)22(20)30/h1,6-9,15-16,18,32H,10-11H2,2-4H3. The minimum Gasteiger partial charge on any atom is -0.507 e. The van der Waals surface area contributed by atoms with Crippen molar-refractivity contribution in [3.05, 3.63) is 46.6 Å². The maximum Gasteiger partial charge on any atom is 0.308 e. The largest absolute Gasteiger partial charge is 0.507 e. The van der Waals surface area contributed by atoms with Crippen LogP contribution < -0.4 is 4.74 Å². The van der Waals surface area contributed by atoms with Crippen LogP contribution in [-0.4, -0.2) is 40.2 Å². The van der Waals surface area contributed by atoms with Gasteiger partial charge in [0.25, 0.3) is 0 Å². The van der Waals surface area contributed by atoms with Gasteiger partial charge in [-0.25, -0.2) is 0 Å². The molecule has 0 saturated heterocycles. The lowest BCUT2D eigenvalue weighted by atomic mass is 9.68. The molecule has 0 spiro atoms. The van der Waals surface area contributed by atoms with Crippen molar-refractivity contribution in [1.29, 1.82) is 0 Å². The molecular weight excluding hydrogens is 456 g/mol. The number of phenols is 1. The summed E-state index contributed by atoms with van der Waals surface area (Å²) >= 11 is 0. The Balaban J connectivity index is 2.07. The topological polar surface area (TPSA) is 133 Å². The Morgan fingerprint density at radius 3 is 2.11 bits per heavy atom. The fraction of sp³-hybridized carbons (Fsp3) is 0.346. The molecule has 1 aromatic carbocycles. The molecule has 35 heavy (non-hydrogen) atoms. The van der Waals surface area contributed by atoms with Gasteiger partial charge >= 0.3 is 17.9 Å². The first-order chi connectivity index (χ1) is 16.5. The molecule has 180 valence electrons. The van der Waals surface area contributed by atoms with Gasteiger partial charge in [0.1, 0.15) is 17.6 Å². The van der Waals surface area contributed by atoms with E-state index in [1.807, 2.05) is 0 Å². The molecule has 4 unspecified atom stereocenters. The van der Waals surface area contributed by atoms with Gasteiger partial charge in [-0.3, -0.25) is 24.0 Å². The minimum atomic E-state index is -1.63. The smallest absolute Gasteiger partial charge is 0.308 e. The molecule has 0 fully saturated rings. The molecule has 3 aliphatic carbocycles. The number of ketones is 2. The molecule has 0 saturated carbocycles. The van der Waals surface area contributed by atoms with Crippen molar-refractivity contribution in [2.24, 2.45) is 11.8 Å². The highest BCUT2D eigenvalue weighted by Crippen LogP contribution is 2.53. The number of carbonyl (C=O) groups excluding carboxylic acids is 5. The van der Waals surface area contributed by atoms with E-state index in [2.05, 4.69) is 5.92 Å². The van der Waals surface area contributed by atoms with Crippen molar-refractivity contribution in [1.82, 2.24) is 0 Å². The molecule has 4 atom stereocenters. The SMILES string of the molecule is C#CC1(OC(C)=O)Cc2c(OC(C)=O)c3c(c(O)c2C(OC(C)=O)C1)C(=O)C1C=CC=CC1C3=O. The fourth-order valence-corrected chi connectivity index (χ4v) is 5.03. The highest BCUT2D eigenvalue weighted by molar-refractivity contribution is 6.20. The Morgan fingerprint density at radius 1 is 1.00 bits per heavy atom. The molecule has 1 N–H and O–H groups in total. The number of esters is 3. The van der Waals surface area contributed by atoms with Crippen LogP contribution in [0.4, 0.5) is 0 Å². The third-order valence-electron chi connectivity index (χ3n) is 6.26. The summed E-state index contributed by atoms with van der Waals surface area (Å²) in [4.78, 5) is 62.9. The number of benzene rings is 1. The van der Waals surface area contributed by atoms with Crippen LogP contribution in [0.15, 0.2) is 24.3 Å². The molecule has 0 radical (unpaired) electrons. The lowest BCUT2D eigenvalue weighted by Crippen LogP contribution is -2.43. The van der Waals surface area contributed by atoms with Crippen LogP contribution in [-0.2, 0) is 30.3 Å². The van der Waals surface area contributed by atoms with Gasteiger partial charge in [-0.05, 0) is 0 Å². The molecule has 0 heterocycles. The second kappa shape index (κ2) is 8.55. The van der Waals surface area contributed by atoms with Crippen molar-refractivity contribution in [2.75, 3.05) is 0 Å². The van der Waals surface area contributed by atoms with Crippen molar-refractivity contribution in [3.8, 4) is 23.8 Å². The summed E-state index contributed by atoms with van der Waals surface area (Å²) in [7, 11) is 0. The first-order valence-electron chi connectivity index (χ1n) is 10.9. The van der Waals surface area contributed by atoms with Gasteiger partial charge < -0.3 is 19.3 Å². The summed E-state index contributed by atoms with van der Waals surface area (Å²) in [6.07, 6.45) is 10.4. The number of carbonyl (C=O) groups is 5. The highest BCUT2D eigenvalue weighted by atomic mass is 16.6. The summed E-state index contributed by atoms with van der Waals surface area (Å²) in [5.74, 6) is -3.46. The first-order valence-corrected chi connectivity index (χ1v) is 10.9. The fourth-order valence-electron chi connectivity index (χ4n) is 5.03. The zero-order valence-corrected chi connectivity index (χ0v) is 19.2. The van der Waals surface area contributed by atoms with Gasteiger partial charge in [-0.1, -0.05) is 30.2 Å². The molecule has 1 aromatic rings. The summed E-state index contributed by atoms with van der Waals surface area (Å²) in [5.41, 5.74) is -2.19. The van der Waals surface area contributed by atoms with Crippen molar-refractivity contribution >= 4 is 29.5 Å². The summed E-state index contributed by atoms with van der Waals surface area (Å²) < 4.78 is 16.3. The van der Waals surface area contributed by atoms with Gasteiger partial charge in [0.15, 0.2) is 17.2 Å². The van der Waals surface area contributed by atoms with E-state index in [4.69, 9.17) is 20.6 Å². The van der Waals surface area contributed by atoms with E-state index < -0.39 is 58.8 Å². The van der Waals surface area contributed by atoms with Crippen LogP contribution in [0.3, 0.4) is 0 Å². The predicted octanol–water partition coefficient (Wildman–Crippen LogP) is 2.54. The van der Waals surface area contributed by atoms with Crippen molar-refractivity contribution in [2.45, 2.75) is 45.3 Å². The number of hydrogen-bond donors (Lipinski definition) is 1. The lowest BCUT2D eigenvalue weighted by Gasteiger charge is -2.40. The lowest BCUT2D eigenvalue weighted by molar-refractivity contribution is -0.160. The van der Waals surface area contributed by atoms with Crippen LogP contribution in [0.25, 0.3) is 0 Å². The van der Waals surface area contributed by atoms with Gasteiger partial charge in [0.05, 0.1) is 23.0 Å². The van der Waals surface area contributed by atoms with Crippen LogP contribution in [0.5, 0.6) is 11.5 Å². The van der Waals surface area contributed by atoms with Gasteiger partial charge in [0, 0.05) is 44.7 Å². The zero-order valence-electron chi connectivity index (χ0n) is 19.2. The number of fused-ring (bicyclic) bond motifs is 3. The van der Waals surface area contributed by atoms with Gasteiger partial charge in [-0.2, -0.15) is 0 Å². The number of terminal acetylenes is 1. The second-order valence-corrected chi connectivity index (χ2v) is 8.67. The average molecular weight is 478 g/mol. The Labute approximate surface area is 200 Å². The molecular formula is C26H22O9. The minimum absolute atomic E-state index is 0.0249. The first kappa shape index (κ1) is 24.0. The normalized spacial score (nSPS) is 26.1. The van der Waals surface area contributed by atoms with E-state index in [0.29, 0.717) is 0 Å². The number of Topliss-reactive ketones (excluding diaryl/α,β-unsaturated/α-hetero) is 2. The predicted molar refractivity (Wildman–Crippen MR) is 119 cm³/mol. The number of rotatable bonds is 3. The second-order valence-electron chi connectivity index (χ2n) is 8.67. The quantitative estimate of drug-likeness (QED) is 0.395. The third-order valence-corrected chi connectivity index (χ3v) is 6.26. The Bertz CT molecular complexity index is 1290. The Kier molecular flexibility index (Phi) is 5.85. The molecule has 9 heteroatoms. The van der Waals surface area contributed by atoms with E-state index >= 15 is 0 Å². The monoisotopic (exact) mass is 478 g/mol. The van der Waals surface area contributed by atoms with Gasteiger partial charge in [0.2, 0.25) is 0 Å². The summed E-state index contributed by atoms with van der Waals surface area (Å²) in [6.45, 7) is 3.40. The van der Waals surface area contributed by atoms with E-state index in [1.54, 1.807) is 24.3 Å².